The molecule has 2 aliphatic heterocycles. The van der Waals surface area contributed by atoms with Crippen molar-refractivity contribution in [3.63, 3.8) is 0 Å². The first-order valence-corrected chi connectivity index (χ1v) is 6.45. The van der Waals surface area contributed by atoms with Crippen LogP contribution in [0.15, 0.2) is 24.4 Å². The molecule has 0 saturated carbocycles. The molecule has 2 atom stereocenters. The third-order valence-electron chi connectivity index (χ3n) is 3.69. The molecule has 96 valence electrons. The first-order chi connectivity index (χ1) is 8.74. The van der Waals surface area contributed by atoms with Crippen molar-refractivity contribution in [3.05, 3.63) is 30.1 Å². The van der Waals surface area contributed by atoms with Crippen molar-refractivity contribution in [3.8, 4) is 0 Å². The number of nitrogens with one attached hydrogen (secondary N) is 2. The number of hydrogen-bond donors (Lipinski definition) is 2. The summed E-state index contributed by atoms with van der Waals surface area (Å²) in [4.78, 5) is 18.4. The zero-order valence-corrected chi connectivity index (χ0v) is 10.5. The van der Waals surface area contributed by atoms with Crippen molar-refractivity contribution in [2.24, 2.45) is 0 Å². The Morgan fingerprint density at radius 1 is 1.39 bits per heavy atom. The van der Waals surface area contributed by atoms with Gasteiger partial charge in [0.1, 0.15) is 6.04 Å². The first kappa shape index (κ1) is 11.6. The predicted octanol–water partition coefficient (Wildman–Crippen LogP) is 0.262. The van der Waals surface area contributed by atoms with E-state index in [2.05, 4.69) is 22.8 Å². The van der Waals surface area contributed by atoms with Crippen LogP contribution >= 0.6 is 0 Å². The molecule has 3 rings (SSSR count). The second-order valence-electron chi connectivity index (χ2n) is 5.17. The lowest BCUT2D eigenvalue weighted by molar-refractivity contribution is -0.137. The molecule has 1 aromatic heterocycles. The smallest absolute Gasteiger partial charge is 0.241 e. The van der Waals surface area contributed by atoms with E-state index in [0.29, 0.717) is 12.0 Å². The molecule has 0 aromatic carbocycles. The maximum absolute atomic E-state index is 12.2. The number of pyridine rings is 1. The van der Waals surface area contributed by atoms with Gasteiger partial charge in [-0.25, -0.2) is 5.43 Å². The maximum Gasteiger partial charge on any atom is 0.241 e. The van der Waals surface area contributed by atoms with Gasteiger partial charge >= 0.3 is 0 Å². The van der Waals surface area contributed by atoms with Gasteiger partial charge in [-0.15, -0.1) is 0 Å². The van der Waals surface area contributed by atoms with E-state index < -0.39 is 0 Å². The number of rotatable bonds is 2. The Morgan fingerprint density at radius 2 is 2.22 bits per heavy atom. The summed E-state index contributed by atoms with van der Waals surface area (Å²) in [5.74, 6) is 0.612. The van der Waals surface area contributed by atoms with Crippen molar-refractivity contribution < 1.29 is 4.79 Å². The minimum absolute atomic E-state index is 0.0651. The van der Waals surface area contributed by atoms with E-state index in [-0.39, 0.29) is 11.9 Å². The molecule has 2 unspecified atom stereocenters. The Bertz CT molecular complexity index is 430. The Morgan fingerprint density at radius 3 is 2.83 bits per heavy atom. The molecule has 3 heterocycles. The van der Waals surface area contributed by atoms with Crippen LogP contribution < -0.4 is 10.9 Å². The Balaban J connectivity index is 1.54. The summed E-state index contributed by atoms with van der Waals surface area (Å²) in [5, 5.41) is 0. The van der Waals surface area contributed by atoms with Crippen molar-refractivity contribution >= 4 is 5.91 Å². The van der Waals surface area contributed by atoms with Crippen LogP contribution in [0.5, 0.6) is 0 Å². The summed E-state index contributed by atoms with van der Waals surface area (Å²) in [6.45, 7) is 3.66. The molecule has 0 radical (unpaired) electrons. The zero-order chi connectivity index (χ0) is 12.5. The number of amides is 1. The van der Waals surface area contributed by atoms with E-state index in [4.69, 9.17) is 0 Å². The lowest BCUT2D eigenvalue weighted by Gasteiger charge is -2.40. The standard InChI is InChI=1S/C13H18N4O/c1-9-6-12(16-15-9)13(18)17-7-10(8-17)11-4-2-3-5-14-11/h2-5,9-10,12,15-16H,6-8H2,1H3. The van der Waals surface area contributed by atoms with Crippen LogP contribution in [-0.4, -0.2) is 41.0 Å². The van der Waals surface area contributed by atoms with Gasteiger partial charge in [0.15, 0.2) is 0 Å². The van der Waals surface area contributed by atoms with E-state index in [1.165, 1.54) is 0 Å². The van der Waals surface area contributed by atoms with Crippen molar-refractivity contribution in [2.75, 3.05) is 13.1 Å². The molecular weight excluding hydrogens is 228 g/mol. The van der Waals surface area contributed by atoms with E-state index in [1.807, 2.05) is 29.3 Å². The van der Waals surface area contributed by atoms with Gasteiger partial charge < -0.3 is 4.90 Å². The van der Waals surface area contributed by atoms with E-state index in [9.17, 15) is 4.79 Å². The summed E-state index contributed by atoms with van der Waals surface area (Å²) in [6, 6.07) is 6.25. The molecule has 1 amide bonds. The SMILES string of the molecule is CC1CC(C(=O)N2CC(c3ccccn3)C2)NN1. The van der Waals surface area contributed by atoms with Crippen LogP contribution in [0.25, 0.3) is 0 Å². The fourth-order valence-corrected chi connectivity index (χ4v) is 2.56. The highest BCUT2D eigenvalue weighted by Gasteiger charge is 2.37. The number of likely N-dealkylation sites (tertiary alicyclic amines) is 1. The van der Waals surface area contributed by atoms with Gasteiger partial charge in [-0.1, -0.05) is 6.07 Å². The second kappa shape index (κ2) is 4.66. The third kappa shape index (κ3) is 2.11. The topological polar surface area (TPSA) is 57.3 Å². The fourth-order valence-electron chi connectivity index (χ4n) is 2.56. The largest absolute Gasteiger partial charge is 0.340 e. The number of aromatic nitrogens is 1. The minimum Gasteiger partial charge on any atom is -0.340 e. The van der Waals surface area contributed by atoms with Gasteiger partial charge in [-0.2, -0.15) is 0 Å². The van der Waals surface area contributed by atoms with E-state index in [0.717, 1.165) is 25.2 Å². The molecule has 5 heteroatoms. The second-order valence-corrected chi connectivity index (χ2v) is 5.17. The minimum atomic E-state index is -0.0651. The molecule has 18 heavy (non-hydrogen) atoms. The summed E-state index contributed by atoms with van der Waals surface area (Å²) in [6.07, 6.45) is 2.67. The van der Waals surface area contributed by atoms with Crippen molar-refractivity contribution in [1.82, 2.24) is 20.7 Å². The van der Waals surface area contributed by atoms with Gasteiger partial charge in [0, 0.05) is 36.9 Å². The third-order valence-corrected chi connectivity index (χ3v) is 3.69. The van der Waals surface area contributed by atoms with Gasteiger partial charge in [0.25, 0.3) is 0 Å². The number of carbonyl (C=O) groups excluding carboxylic acids is 1. The molecule has 2 fully saturated rings. The highest BCUT2D eigenvalue weighted by Crippen LogP contribution is 2.26. The Hall–Kier alpha value is -1.46. The van der Waals surface area contributed by atoms with Crippen LogP contribution in [0, 0.1) is 0 Å². The molecular formula is C13H18N4O. The highest BCUT2D eigenvalue weighted by molar-refractivity contribution is 5.83. The molecule has 0 spiro atoms. The lowest BCUT2D eigenvalue weighted by Crippen LogP contribution is -2.54. The van der Waals surface area contributed by atoms with E-state index in [1.54, 1.807) is 0 Å². The summed E-state index contributed by atoms with van der Waals surface area (Å²) >= 11 is 0. The monoisotopic (exact) mass is 246 g/mol. The lowest BCUT2D eigenvalue weighted by atomic mass is 9.94. The number of carbonyl (C=O) groups is 1. The molecule has 0 aliphatic carbocycles. The fraction of sp³-hybridized carbons (Fsp3) is 0.538. The number of nitrogens with zero attached hydrogens (tertiary/aromatic N) is 2. The van der Waals surface area contributed by atoms with Crippen molar-refractivity contribution in [1.29, 1.82) is 0 Å². The normalized spacial score (nSPS) is 28.2. The number of hydrazine groups is 1. The summed E-state index contributed by atoms with van der Waals surface area (Å²) < 4.78 is 0. The van der Waals surface area contributed by atoms with Crippen LogP contribution in [0.3, 0.4) is 0 Å². The molecule has 2 saturated heterocycles. The number of hydrogen-bond acceptors (Lipinski definition) is 4. The Kier molecular flexibility index (Phi) is 3.01. The Labute approximate surface area is 107 Å². The quantitative estimate of drug-likeness (QED) is 0.786. The van der Waals surface area contributed by atoms with Crippen molar-refractivity contribution in [2.45, 2.75) is 31.3 Å². The van der Waals surface area contributed by atoms with Crippen LogP contribution in [0.2, 0.25) is 0 Å². The highest BCUT2D eigenvalue weighted by atomic mass is 16.2. The predicted molar refractivity (Wildman–Crippen MR) is 67.7 cm³/mol. The van der Waals surface area contributed by atoms with Gasteiger partial charge in [0.2, 0.25) is 5.91 Å². The van der Waals surface area contributed by atoms with Gasteiger partial charge in [0.05, 0.1) is 0 Å². The average molecular weight is 246 g/mol. The molecule has 2 N–H and O–H groups in total. The summed E-state index contributed by atoms with van der Waals surface area (Å²) in [5.41, 5.74) is 7.23. The average Bonchev–Trinajstić information content (AvgIpc) is 2.75. The zero-order valence-electron chi connectivity index (χ0n) is 10.5. The van der Waals surface area contributed by atoms with Crippen LogP contribution in [0.4, 0.5) is 0 Å². The molecule has 5 nitrogen and oxygen atoms in total. The van der Waals surface area contributed by atoms with Crippen LogP contribution in [-0.2, 0) is 4.79 Å². The van der Waals surface area contributed by atoms with Gasteiger partial charge in [-0.3, -0.25) is 15.2 Å². The first-order valence-electron chi connectivity index (χ1n) is 6.45. The molecule has 0 bridgehead atoms. The van der Waals surface area contributed by atoms with E-state index >= 15 is 0 Å². The van der Waals surface area contributed by atoms with Gasteiger partial charge in [-0.05, 0) is 25.5 Å². The van der Waals surface area contributed by atoms with Crippen LogP contribution in [0.1, 0.15) is 25.0 Å². The maximum atomic E-state index is 12.2. The molecule has 1 aromatic rings. The molecule has 2 aliphatic rings. The summed E-state index contributed by atoms with van der Waals surface area (Å²) in [7, 11) is 0.